The van der Waals surface area contributed by atoms with Crippen molar-refractivity contribution >= 4 is 27.8 Å². The molecule has 2 atom stereocenters. The SMILES string of the molecule is CC12C=CC=CC1c1c(c(-c3ccc4c(c3)c3c(n4-c4ccccc4)CCc4ccccc4-3)c3ccccc3c1-c1cccc(-c3ccccc3)c1)C=C2. The van der Waals surface area contributed by atoms with E-state index in [4.69, 9.17) is 0 Å². The predicted molar refractivity (Wildman–Crippen MR) is 228 cm³/mol. The van der Waals surface area contributed by atoms with Crippen molar-refractivity contribution in [2.75, 3.05) is 0 Å². The van der Waals surface area contributed by atoms with Gasteiger partial charge in [0.1, 0.15) is 0 Å². The molecule has 7 aromatic carbocycles. The highest BCUT2D eigenvalue weighted by atomic mass is 15.0. The van der Waals surface area contributed by atoms with Gasteiger partial charge in [-0.2, -0.15) is 0 Å². The molecule has 2 unspecified atom stereocenters. The molecule has 0 aliphatic heterocycles. The lowest BCUT2D eigenvalue weighted by Gasteiger charge is -2.39. The summed E-state index contributed by atoms with van der Waals surface area (Å²) in [5.41, 5.74) is 18.4. The van der Waals surface area contributed by atoms with Crippen LogP contribution < -0.4 is 0 Å². The topological polar surface area (TPSA) is 4.93 Å². The molecule has 1 aromatic heterocycles. The quantitative estimate of drug-likeness (QED) is 0.173. The van der Waals surface area contributed by atoms with Gasteiger partial charge in [0.25, 0.3) is 0 Å². The molecule has 1 heteroatoms. The van der Waals surface area contributed by atoms with Gasteiger partial charge in [-0.3, -0.25) is 0 Å². The van der Waals surface area contributed by atoms with Crippen molar-refractivity contribution in [3.63, 3.8) is 0 Å². The molecule has 0 bridgehead atoms. The minimum absolute atomic E-state index is 0.118. The van der Waals surface area contributed by atoms with Crippen molar-refractivity contribution in [1.82, 2.24) is 4.57 Å². The fourth-order valence-electron chi connectivity index (χ4n) is 9.80. The number of hydrogen-bond acceptors (Lipinski definition) is 0. The number of aryl methyl sites for hydroxylation is 1. The van der Waals surface area contributed by atoms with E-state index < -0.39 is 0 Å². The van der Waals surface area contributed by atoms with Crippen LogP contribution in [0.15, 0.2) is 182 Å². The lowest BCUT2D eigenvalue weighted by Crippen LogP contribution is -2.25. The maximum Gasteiger partial charge on any atom is 0.0538 e. The van der Waals surface area contributed by atoms with Gasteiger partial charge in [-0.25, -0.2) is 0 Å². The summed E-state index contributed by atoms with van der Waals surface area (Å²) in [6, 6.07) is 56.3. The summed E-state index contributed by atoms with van der Waals surface area (Å²) in [7, 11) is 0. The van der Waals surface area contributed by atoms with E-state index in [1.54, 1.807) is 0 Å². The number of fused-ring (bicyclic) bond motifs is 9. The lowest BCUT2D eigenvalue weighted by molar-refractivity contribution is 0.481. The third kappa shape index (κ3) is 4.64. The molecule has 0 saturated heterocycles. The molecule has 0 amide bonds. The average Bonchev–Trinajstić information content (AvgIpc) is 3.57. The Hall–Kier alpha value is -6.44. The second-order valence-electron chi connectivity index (χ2n) is 15.4. The van der Waals surface area contributed by atoms with Gasteiger partial charge < -0.3 is 4.57 Å². The van der Waals surface area contributed by atoms with Gasteiger partial charge in [-0.15, -0.1) is 0 Å². The van der Waals surface area contributed by atoms with E-state index in [1.165, 1.54) is 94.3 Å². The van der Waals surface area contributed by atoms with E-state index in [0.717, 1.165) is 12.8 Å². The standard InChI is InChI=1S/C53H39N/c1-53-31-13-12-25-46(53)52-44(30-32-53)49(42-23-10-11-24-43(42)50(52)38-19-14-18-37(33-38)35-15-4-2-5-16-35)39-27-28-47-45(34-39)51-41-22-9-8-17-36(41)26-29-48(51)54(47)40-20-6-3-7-21-40/h2-25,27-28,30-34,46H,26,29H2,1H3. The Bertz CT molecular complexity index is 2880. The minimum Gasteiger partial charge on any atom is -0.313 e. The molecule has 54 heavy (non-hydrogen) atoms. The first kappa shape index (κ1) is 31.1. The number of aromatic nitrogens is 1. The van der Waals surface area contributed by atoms with Gasteiger partial charge in [0.05, 0.1) is 5.52 Å². The van der Waals surface area contributed by atoms with Crippen molar-refractivity contribution in [3.8, 4) is 50.2 Å². The highest BCUT2D eigenvalue weighted by Crippen LogP contribution is 2.55. The van der Waals surface area contributed by atoms with E-state index in [2.05, 4.69) is 200 Å². The molecule has 8 aromatic rings. The number of benzene rings is 7. The van der Waals surface area contributed by atoms with E-state index in [0.29, 0.717) is 0 Å². The van der Waals surface area contributed by atoms with E-state index in [-0.39, 0.29) is 11.3 Å². The predicted octanol–water partition coefficient (Wildman–Crippen LogP) is 13.8. The van der Waals surface area contributed by atoms with Crippen LogP contribution in [0.4, 0.5) is 0 Å². The third-order valence-corrected chi connectivity index (χ3v) is 12.3. The molecular formula is C53H39N. The van der Waals surface area contributed by atoms with Crippen LogP contribution in [0.1, 0.15) is 35.2 Å². The first-order valence-corrected chi connectivity index (χ1v) is 19.3. The lowest BCUT2D eigenvalue weighted by atomic mass is 9.64. The van der Waals surface area contributed by atoms with Crippen LogP contribution in [0.5, 0.6) is 0 Å². The second-order valence-corrected chi connectivity index (χ2v) is 15.4. The molecule has 0 radical (unpaired) electrons. The highest BCUT2D eigenvalue weighted by Gasteiger charge is 2.38. The average molecular weight is 690 g/mol. The van der Waals surface area contributed by atoms with Crippen molar-refractivity contribution in [3.05, 3.63) is 204 Å². The van der Waals surface area contributed by atoms with Crippen molar-refractivity contribution < 1.29 is 0 Å². The fraction of sp³-hybridized carbons (Fsp3) is 0.0943. The maximum atomic E-state index is 2.52. The van der Waals surface area contributed by atoms with Crippen molar-refractivity contribution in [1.29, 1.82) is 0 Å². The van der Waals surface area contributed by atoms with Gasteiger partial charge in [0, 0.05) is 33.7 Å². The molecule has 256 valence electrons. The summed E-state index contributed by atoms with van der Waals surface area (Å²) in [6.45, 7) is 2.39. The second kappa shape index (κ2) is 12.0. The molecular weight excluding hydrogens is 651 g/mol. The molecule has 0 spiro atoms. The molecule has 0 N–H and O–H groups in total. The Morgan fingerprint density at radius 2 is 1.24 bits per heavy atom. The number of para-hydroxylation sites is 1. The molecule has 3 aliphatic rings. The van der Waals surface area contributed by atoms with Crippen LogP contribution in [-0.2, 0) is 12.8 Å². The summed E-state index contributed by atoms with van der Waals surface area (Å²) >= 11 is 0. The zero-order valence-corrected chi connectivity index (χ0v) is 30.3. The van der Waals surface area contributed by atoms with E-state index >= 15 is 0 Å². The Kier molecular flexibility index (Phi) is 6.94. The van der Waals surface area contributed by atoms with Gasteiger partial charge in [-0.1, -0.05) is 165 Å². The van der Waals surface area contributed by atoms with Crippen LogP contribution in [-0.4, -0.2) is 4.57 Å². The number of allylic oxidation sites excluding steroid dienone is 5. The van der Waals surface area contributed by atoms with Crippen molar-refractivity contribution in [2.45, 2.75) is 25.7 Å². The van der Waals surface area contributed by atoms with Gasteiger partial charge in [0.2, 0.25) is 0 Å². The van der Waals surface area contributed by atoms with Gasteiger partial charge in [0.15, 0.2) is 0 Å². The minimum atomic E-state index is -0.118. The largest absolute Gasteiger partial charge is 0.313 e. The Balaban J connectivity index is 1.22. The van der Waals surface area contributed by atoms with Crippen LogP contribution in [0.2, 0.25) is 0 Å². The summed E-state index contributed by atoms with van der Waals surface area (Å²) in [5, 5.41) is 3.91. The zero-order chi connectivity index (χ0) is 35.8. The number of nitrogens with zero attached hydrogens (tertiary/aromatic N) is 1. The molecule has 0 fully saturated rings. The number of rotatable bonds is 4. The molecule has 11 rings (SSSR count). The van der Waals surface area contributed by atoms with Crippen LogP contribution in [0.3, 0.4) is 0 Å². The van der Waals surface area contributed by atoms with Gasteiger partial charge >= 0.3 is 0 Å². The fourth-order valence-corrected chi connectivity index (χ4v) is 9.80. The van der Waals surface area contributed by atoms with E-state index in [1.807, 2.05) is 0 Å². The summed E-state index contributed by atoms with van der Waals surface area (Å²) in [5.74, 6) is 0.198. The highest BCUT2D eigenvalue weighted by molar-refractivity contribution is 6.12. The molecule has 0 saturated carbocycles. The smallest absolute Gasteiger partial charge is 0.0538 e. The molecule has 3 aliphatic carbocycles. The summed E-state index contributed by atoms with van der Waals surface area (Å²) < 4.78 is 2.52. The van der Waals surface area contributed by atoms with Crippen LogP contribution in [0, 0.1) is 5.41 Å². The summed E-state index contributed by atoms with van der Waals surface area (Å²) in [4.78, 5) is 0. The monoisotopic (exact) mass is 689 g/mol. The van der Waals surface area contributed by atoms with Crippen LogP contribution in [0.25, 0.3) is 77.9 Å². The maximum absolute atomic E-state index is 2.52. The Morgan fingerprint density at radius 3 is 2.09 bits per heavy atom. The van der Waals surface area contributed by atoms with Gasteiger partial charge in [-0.05, 0) is 110 Å². The first-order valence-electron chi connectivity index (χ1n) is 19.3. The zero-order valence-electron chi connectivity index (χ0n) is 30.3. The first-order chi connectivity index (χ1) is 26.7. The molecule has 1 heterocycles. The van der Waals surface area contributed by atoms with E-state index in [9.17, 15) is 0 Å². The Morgan fingerprint density at radius 1 is 0.537 bits per heavy atom. The Labute approximate surface area is 316 Å². The summed E-state index contributed by atoms with van der Waals surface area (Å²) in [6.07, 6.45) is 16.2. The number of hydrogen-bond donors (Lipinski definition) is 0. The normalized spacial score (nSPS) is 18.0. The van der Waals surface area contributed by atoms with Crippen LogP contribution >= 0.6 is 0 Å². The van der Waals surface area contributed by atoms with Crippen molar-refractivity contribution in [2.24, 2.45) is 5.41 Å². The third-order valence-electron chi connectivity index (χ3n) is 12.3. The molecule has 1 nitrogen and oxygen atoms in total.